The Morgan fingerprint density at radius 3 is 2.70 bits per heavy atom. The second kappa shape index (κ2) is 6.68. The number of hydrogen-bond acceptors (Lipinski definition) is 7. The van der Waals surface area contributed by atoms with Crippen LogP contribution < -0.4 is 4.90 Å². The first-order valence-electron chi connectivity index (χ1n) is 8.44. The fourth-order valence-electron chi connectivity index (χ4n) is 3.38. The predicted molar refractivity (Wildman–Crippen MR) is 85.7 cm³/mol. The summed E-state index contributed by atoms with van der Waals surface area (Å²) >= 11 is 1.48. The Labute approximate surface area is 139 Å². The molecule has 0 bridgehead atoms. The van der Waals surface area contributed by atoms with Crippen LogP contribution >= 0.6 is 11.8 Å². The lowest BCUT2D eigenvalue weighted by Crippen LogP contribution is -2.25. The number of esters is 1. The number of thioether (sulfide) groups is 1. The zero-order valence-corrected chi connectivity index (χ0v) is 14.0. The van der Waals surface area contributed by atoms with Crippen LogP contribution in [0.4, 0.5) is 5.95 Å². The summed E-state index contributed by atoms with van der Waals surface area (Å²) in [6.45, 7) is 4.17. The molecule has 0 amide bonds. The molecule has 8 heteroatoms. The van der Waals surface area contributed by atoms with Crippen molar-refractivity contribution in [2.24, 2.45) is 0 Å². The average Bonchev–Trinajstić information content (AvgIpc) is 3.31. The molecule has 3 aliphatic heterocycles. The Morgan fingerprint density at radius 2 is 2.00 bits per heavy atom. The first kappa shape index (κ1) is 15.3. The number of hydrogen-bond donors (Lipinski definition) is 0. The molecule has 0 N–H and O–H groups in total. The van der Waals surface area contributed by atoms with Crippen molar-refractivity contribution in [3.05, 3.63) is 0 Å². The number of rotatable bonds is 5. The van der Waals surface area contributed by atoms with Crippen LogP contribution in [0.25, 0.3) is 0 Å². The van der Waals surface area contributed by atoms with E-state index in [-0.39, 0.29) is 17.3 Å². The Hall–Kier alpha value is -1.28. The summed E-state index contributed by atoms with van der Waals surface area (Å²) in [5, 5.41) is 9.44. The van der Waals surface area contributed by atoms with Gasteiger partial charge < -0.3 is 14.4 Å². The van der Waals surface area contributed by atoms with Crippen LogP contribution in [-0.4, -0.2) is 58.4 Å². The molecule has 0 aromatic carbocycles. The number of carbonyl (C=O) groups excluding carboxylic acids is 1. The van der Waals surface area contributed by atoms with Gasteiger partial charge in [0.25, 0.3) is 0 Å². The maximum atomic E-state index is 11.8. The van der Waals surface area contributed by atoms with Gasteiger partial charge in [0, 0.05) is 26.1 Å². The number of aromatic nitrogens is 3. The first-order chi connectivity index (χ1) is 11.3. The standard InChI is InChI=1S/C15H22N4O3S/c20-13-12(5-9-22-13)23-15-17-16-14(18-6-1-2-7-18)19(15)10-11-4-3-8-21-11/h11-12H,1-10H2/t11-,12-/m1/s1. The average molecular weight is 338 g/mol. The Bertz CT molecular complexity index is 567. The number of carbonyl (C=O) groups is 1. The number of nitrogens with zero attached hydrogens (tertiary/aromatic N) is 4. The normalized spacial score (nSPS) is 27.8. The fraction of sp³-hybridized carbons (Fsp3) is 0.800. The number of ether oxygens (including phenoxy) is 2. The van der Waals surface area contributed by atoms with Crippen molar-refractivity contribution in [1.82, 2.24) is 14.8 Å². The molecule has 0 saturated carbocycles. The largest absolute Gasteiger partial charge is 0.465 e. The lowest BCUT2D eigenvalue weighted by atomic mass is 10.2. The molecule has 0 unspecified atom stereocenters. The maximum absolute atomic E-state index is 11.8. The van der Waals surface area contributed by atoms with E-state index in [1.165, 1.54) is 24.6 Å². The van der Waals surface area contributed by atoms with Gasteiger partial charge in [-0.3, -0.25) is 9.36 Å². The molecule has 3 aliphatic rings. The molecule has 4 heterocycles. The van der Waals surface area contributed by atoms with Gasteiger partial charge in [0.05, 0.1) is 19.3 Å². The van der Waals surface area contributed by atoms with E-state index in [9.17, 15) is 4.79 Å². The monoisotopic (exact) mass is 338 g/mol. The second-order valence-electron chi connectivity index (χ2n) is 6.29. The molecule has 3 fully saturated rings. The summed E-state index contributed by atoms with van der Waals surface area (Å²) in [6, 6.07) is 0. The summed E-state index contributed by atoms with van der Waals surface area (Å²) in [7, 11) is 0. The summed E-state index contributed by atoms with van der Waals surface area (Å²) in [6.07, 6.45) is 5.56. The molecule has 126 valence electrons. The topological polar surface area (TPSA) is 69.5 Å². The highest BCUT2D eigenvalue weighted by atomic mass is 32.2. The maximum Gasteiger partial charge on any atom is 0.319 e. The summed E-state index contributed by atoms with van der Waals surface area (Å²) in [5.41, 5.74) is 0. The quantitative estimate of drug-likeness (QED) is 0.753. The van der Waals surface area contributed by atoms with Crippen molar-refractivity contribution in [2.75, 3.05) is 31.2 Å². The SMILES string of the molecule is O=C1OCC[C@H]1Sc1nnc(N2CCCC2)n1C[C@H]1CCCO1. The zero-order chi connectivity index (χ0) is 15.6. The highest BCUT2D eigenvalue weighted by Gasteiger charge is 2.32. The lowest BCUT2D eigenvalue weighted by Gasteiger charge is -2.20. The molecule has 3 saturated heterocycles. The third-order valence-electron chi connectivity index (χ3n) is 4.63. The van der Waals surface area contributed by atoms with Crippen molar-refractivity contribution in [3.8, 4) is 0 Å². The van der Waals surface area contributed by atoms with Crippen molar-refractivity contribution in [3.63, 3.8) is 0 Å². The Kier molecular flexibility index (Phi) is 4.43. The van der Waals surface area contributed by atoms with Crippen molar-refractivity contribution >= 4 is 23.7 Å². The molecule has 23 heavy (non-hydrogen) atoms. The van der Waals surface area contributed by atoms with Gasteiger partial charge >= 0.3 is 5.97 Å². The minimum Gasteiger partial charge on any atom is -0.465 e. The van der Waals surface area contributed by atoms with Gasteiger partial charge in [-0.1, -0.05) is 11.8 Å². The Morgan fingerprint density at radius 1 is 1.13 bits per heavy atom. The highest BCUT2D eigenvalue weighted by Crippen LogP contribution is 2.32. The number of anilines is 1. The molecule has 2 atom stereocenters. The van der Waals surface area contributed by atoms with Gasteiger partial charge in [-0.15, -0.1) is 10.2 Å². The van der Waals surface area contributed by atoms with E-state index in [2.05, 4.69) is 19.7 Å². The van der Waals surface area contributed by atoms with Gasteiger partial charge in [-0.2, -0.15) is 0 Å². The summed E-state index contributed by atoms with van der Waals surface area (Å²) in [4.78, 5) is 14.1. The molecular weight excluding hydrogens is 316 g/mol. The second-order valence-corrected chi connectivity index (χ2v) is 7.45. The first-order valence-corrected chi connectivity index (χ1v) is 9.32. The van der Waals surface area contributed by atoms with Gasteiger partial charge in [0.1, 0.15) is 5.25 Å². The molecule has 4 rings (SSSR count). The molecule has 0 aliphatic carbocycles. The van der Waals surface area contributed by atoms with E-state index in [1.54, 1.807) is 0 Å². The lowest BCUT2D eigenvalue weighted by molar-refractivity contribution is -0.137. The van der Waals surface area contributed by atoms with Crippen LogP contribution in [0.15, 0.2) is 5.16 Å². The van der Waals surface area contributed by atoms with Gasteiger partial charge in [-0.25, -0.2) is 0 Å². The van der Waals surface area contributed by atoms with Crippen molar-refractivity contribution in [2.45, 2.75) is 55.2 Å². The third-order valence-corrected chi connectivity index (χ3v) is 5.86. The van der Waals surface area contributed by atoms with Crippen LogP contribution in [-0.2, 0) is 20.8 Å². The van der Waals surface area contributed by atoms with Crippen LogP contribution in [0.5, 0.6) is 0 Å². The van der Waals surface area contributed by atoms with Crippen LogP contribution in [0.2, 0.25) is 0 Å². The molecule has 7 nitrogen and oxygen atoms in total. The van der Waals surface area contributed by atoms with E-state index in [1.807, 2.05) is 0 Å². The fourth-order valence-corrected chi connectivity index (χ4v) is 4.39. The molecule has 0 spiro atoms. The third kappa shape index (κ3) is 3.19. The molecule has 1 aromatic heterocycles. The van der Waals surface area contributed by atoms with E-state index in [0.29, 0.717) is 6.61 Å². The highest BCUT2D eigenvalue weighted by molar-refractivity contribution is 8.00. The van der Waals surface area contributed by atoms with Crippen molar-refractivity contribution in [1.29, 1.82) is 0 Å². The Balaban J connectivity index is 1.57. The van der Waals surface area contributed by atoms with E-state index < -0.39 is 0 Å². The van der Waals surface area contributed by atoms with Gasteiger partial charge in [0.15, 0.2) is 5.16 Å². The van der Waals surface area contributed by atoms with Gasteiger partial charge in [0.2, 0.25) is 5.95 Å². The van der Waals surface area contributed by atoms with Crippen LogP contribution in [0, 0.1) is 0 Å². The minimum atomic E-state index is -0.158. The van der Waals surface area contributed by atoms with Crippen LogP contribution in [0.3, 0.4) is 0 Å². The van der Waals surface area contributed by atoms with Gasteiger partial charge in [-0.05, 0) is 25.7 Å². The minimum absolute atomic E-state index is 0.135. The summed E-state index contributed by atoms with van der Waals surface area (Å²) < 4.78 is 13.0. The zero-order valence-electron chi connectivity index (χ0n) is 13.1. The summed E-state index contributed by atoms with van der Waals surface area (Å²) in [5.74, 6) is 0.788. The smallest absolute Gasteiger partial charge is 0.319 e. The molecule has 1 aromatic rings. The van der Waals surface area contributed by atoms with Crippen LogP contribution in [0.1, 0.15) is 32.1 Å². The number of cyclic esters (lactones) is 1. The molecule has 0 radical (unpaired) electrons. The predicted octanol–water partition coefficient (Wildman–Crippen LogP) is 1.46. The van der Waals surface area contributed by atoms with Crippen molar-refractivity contribution < 1.29 is 14.3 Å². The van der Waals surface area contributed by atoms with E-state index in [0.717, 1.165) is 56.6 Å². The van der Waals surface area contributed by atoms with E-state index >= 15 is 0 Å². The molecular formula is C15H22N4O3S. The van der Waals surface area contributed by atoms with E-state index in [4.69, 9.17) is 9.47 Å².